The molecule has 0 aliphatic heterocycles. The average Bonchev–Trinajstić information content (AvgIpc) is 2.57. The van der Waals surface area contributed by atoms with Crippen molar-refractivity contribution in [1.82, 2.24) is 0 Å². The highest BCUT2D eigenvalue weighted by atomic mass is 16.5. The van der Waals surface area contributed by atoms with Gasteiger partial charge in [-0.25, -0.2) is 0 Å². The molecular formula is C19H14O3. The Bertz CT molecular complexity index is 753. The summed E-state index contributed by atoms with van der Waals surface area (Å²) >= 11 is 0. The molecule has 0 heterocycles. The van der Waals surface area contributed by atoms with Crippen molar-refractivity contribution in [3.05, 3.63) is 84.0 Å². The van der Waals surface area contributed by atoms with Crippen LogP contribution in [0.25, 0.3) is 5.57 Å². The second kappa shape index (κ2) is 6.22. The number of ether oxygens (including phenoxy) is 1. The smallest absolute Gasteiger partial charge is 0.186 e. The lowest BCUT2D eigenvalue weighted by Crippen LogP contribution is -2.06. The van der Waals surface area contributed by atoms with Gasteiger partial charge in [0.25, 0.3) is 0 Å². The maximum atomic E-state index is 11.8. The molecule has 2 aromatic rings. The highest BCUT2D eigenvalue weighted by Crippen LogP contribution is 2.22. The molecule has 3 nitrogen and oxygen atoms in total. The molecule has 0 aromatic heterocycles. The van der Waals surface area contributed by atoms with Crippen molar-refractivity contribution in [2.45, 2.75) is 6.61 Å². The summed E-state index contributed by atoms with van der Waals surface area (Å²) < 4.78 is 5.70. The molecule has 1 aliphatic carbocycles. The Hall–Kier alpha value is -2.94. The summed E-state index contributed by atoms with van der Waals surface area (Å²) in [7, 11) is 0. The first-order valence-corrected chi connectivity index (χ1v) is 6.97. The first-order valence-electron chi connectivity index (χ1n) is 6.97. The Morgan fingerprint density at radius 3 is 2.27 bits per heavy atom. The van der Waals surface area contributed by atoms with Crippen LogP contribution in [0.3, 0.4) is 0 Å². The van der Waals surface area contributed by atoms with Gasteiger partial charge in [0.2, 0.25) is 0 Å². The molecule has 0 saturated carbocycles. The van der Waals surface area contributed by atoms with Crippen molar-refractivity contribution in [2.24, 2.45) is 0 Å². The monoisotopic (exact) mass is 290 g/mol. The summed E-state index contributed by atoms with van der Waals surface area (Å²) in [5, 5.41) is 0. The summed E-state index contributed by atoms with van der Waals surface area (Å²) in [5.74, 6) is 0.398. The lowest BCUT2D eigenvalue weighted by atomic mass is 9.96. The van der Waals surface area contributed by atoms with Crippen molar-refractivity contribution in [1.29, 1.82) is 0 Å². The van der Waals surface area contributed by atoms with Gasteiger partial charge >= 0.3 is 0 Å². The minimum atomic E-state index is -0.168. The molecule has 0 fully saturated rings. The van der Waals surface area contributed by atoms with Crippen molar-refractivity contribution in [2.75, 3.05) is 0 Å². The Balaban J connectivity index is 1.70. The molecule has 0 bridgehead atoms. The topological polar surface area (TPSA) is 43.4 Å². The standard InChI is InChI=1S/C19H14O3/c20-16-8-11-19(21)18(12-16)15-6-9-17(10-7-15)22-13-14-4-2-1-3-5-14/h1-12H,13H2. The number of ketones is 2. The Labute approximate surface area is 128 Å². The van der Waals surface area contributed by atoms with Gasteiger partial charge in [0.1, 0.15) is 12.4 Å². The first-order chi connectivity index (χ1) is 10.7. The second-order valence-corrected chi connectivity index (χ2v) is 4.96. The zero-order valence-electron chi connectivity index (χ0n) is 11.9. The van der Waals surface area contributed by atoms with E-state index < -0.39 is 0 Å². The van der Waals surface area contributed by atoms with Crippen LogP contribution >= 0.6 is 0 Å². The van der Waals surface area contributed by atoms with Crippen molar-refractivity contribution in [3.8, 4) is 5.75 Å². The van der Waals surface area contributed by atoms with E-state index in [-0.39, 0.29) is 11.6 Å². The molecular weight excluding hydrogens is 276 g/mol. The SMILES string of the molecule is O=C1C=CC(=O)C(c2ccc(OCc3ccccc3)cc2)=C1. The van der Waals surface area contributed by atoms with Crippen LogP contribution in [0.5, 0.6) is 5.75 Å². The number of allylic oxidation sites excluding steroid dienone is 4. The van der Waals surface area contributed by atoms with Gasteiger partial charge in [0, 0.05) is 5.57 Å². The van der Waals surface area contributed by atoms with Crippen LogP contribution < -0.4 is 4.74 Å². The Morgan fingerprint density at radius 1 is 0.818 bits per heavy atom. The number of rotatable bonds is 4. The van der Waals surface area contributed by atoms with E-state index >= 15 is 0 Å². The summed E-state index contributed by atoms with van der Waals surface area (Å²) in [6.07, 6.45) is 3.95. The van der Waals surface area contributed by atoms with Gasteiger partial charge in [-0.05, 0) is 41.5 Å². The van der Waals surface area contributed by atoms with Gasteiger partial charge in [-0.1, -0.05) is 42.5 Å². The van der Waals surface area contributed by atoms with Crippen LogP contribution in [0, 0.1) is 0 Å². The number of hydrogen-bond donors (Lipinski definition) is 0. The van der Waals surface area contributed by atoms with E-state index in [1.165, 1.54) is 18.2 Å². The molecule has 0 N–H and O–H groups in total. The molecule has 0 spiro atoms. The molecule has 1 aliphatic rings. The van der Waals surface area contributed by atoms with Crippen molar-refractivity contribution >= 4 is 17.1 Å². The minimum Gasteiger partial charge on any atom is -0.489 e. The largest absolute Gasteiger partial charge is 0.489 e. The lowest BCUT2D eigenvalue weighted by molar-refractivity contribution is -0.113. The van der Waals surface area contributed by atoms with Crippen LogP contribution in [0.1, 0.15) is 11.1 Å². The van der Waals surface area contributed by atoms with Gasteiger partial charge in [0.05, 0.1) is 0 Å². The molecule has 3 rings (SSSR count). The van der Waals surface area contributed by atoms with E-state index in [1.54, 1.807) is 24.3 Å². The van der Waals surface area contributed by atoms with Crippen LogP contribution in [-0.4, -0.2) is 11.6 Å². The summed E-state index contributed by atoms with van der Waals surface area (Å²) in [4.78, 5) is 23.2. The molecule has 0 unspecified atom stereocenters. The van der Waals surface area contributed by atoms with E-state index in [9.17, 15) is 9.59 Å². The summed E-state index contributed by atoms with van der Waals surface area (Å²) in [5.41, 5.74) is 2.23. The highest BCUT2D eigenvalue weighted by Gasteiger charge is 2.14. The molecule has 22 heavy (non-hydrogen) atoms. The Kier molecular flexibility index (Phi) is 3.97. The molecule has 0 saturated heterocycles. The van der Waals surface area contributed by atoms with Crippen molar-refractivity contribution < 1.29 is 14.3 Å². The fourth-order valence-corrected chi connectivity index (χ4v) is 2.21. The third-order valence-electron chi connectivity index (χ3n) is 3.36. The summed E-state index contributed by atoms with van der Waals surface area (Å²) in [6.45, 7) is 0.489. The third-order valence-corrected chi connectivity index (χ3v) is 3.36. The van der Waals surface area contributed by atoms with E-state index in [4.69, 9.17) is 4.74 Å². The van der Waals surface area contributed by atoms with Crippen LogP contribution in [0.15, 0.2) is 72.8 Å². The maximum Gasteiger partial charge on any atom is 0.186 e. The lowest BCUT2D eigenvalue weighted by Gasteiger charge is -2.09. The zero-order valence-corrected chi connectivity index (χ0v) is 11.9. The normalized spacial score (nSPS) is 13.9. The first kappa shape index (κ1) is 14.0. The molecule has 0 radical (unpaired) electrons. The van der Waals surface area contributed by atoms with Gasteiger partial charge in [0.15, 0.2) is 11.6 Å². The van der Waals surface area contributed by atoms with E-state index in [1.807, 2.05) is 30.3 Å². The van der Waals surface area contributed by atoms with E-state index in [0.717, 1.165) is 16.9 Å². The number of carbonyl (C=O) groups excluding carboxylic acids is 2. The van der Waals surface area contributed by atoms with Crippen molar-refractivity contribution in [3.63, 3.8) is 0 Å². The van der Waals surface area contributed by atoms with E-state index in [2.05, 4.69) is 0 Å². The van der Waals surface area contributed by atoms with Gasteiger partial charge < -0.3 is 4.74 Å². The van der Waals surface area contributed by atoms with Crippen LogP contribution in [0.4, 0.5) is 0 Å². The summed E-state index contributed by atoms with van der Waals surface area (Å²) in [6, 6.07) is 17.1. The number of benzene rings is 2. The van der Waals surface area contributed by atoms with Crippen LogP contribution in [-0.2, 0) is 16.2 Å². The second-order valence-electron chi connectivity index (χ2n) is 4.96. The molecule has 108 valence electrons. The fraction of sp³-hybridized carbons (Fsp3) is 0.0526. The number of hydrogen-bond acceptors (Lipinski definition) is 3. The third kappa shape index (κ3) is 3.20. The quantitative estimate of drug-likeness (QED) is 0.811. The predicted octanol–water partition coefficient (Wildman–Crippen LogP) is 3.36. The molecule has 0 amide bonds. The van der Waals surface area contributed by atoms with Gasteiger partial charge in [-0.3, -0.25) is 9.59 Å². The molecule has 0 atom stereocenters. The fourth-order valence-electron chi connectivity index (χ4n) is 2.21. The zero-order chi connectivity index (χ0) is 15.4. The van der Waals surface area contributed by atoms with Gasteiger partial charge in [-0.15, -0.1) is 0 Å². The maximum absolute atomic E-state index is 11.8. The molecule has 3 heteroatoms. The minimum absolute atomic E-state index is 0.155. The Morgan fingerprint density at radius 2 is 1.55 bits per heavy atom. The van der Waals surface area contributed by atoms with Crippen LogP contribution in [0.2, 0.25) is 0 Å². The van der Waals surface area contributed by atoms with E-state index in [0.29, 0.717) is 12.2 Å². The number of carbonyl (C=O) groups is 2. The average molecular weight is 290 g/mol. The molecule has 2 aromatic carbocycles. The predicted molar refractivity (Wildman–Crippen MR) is 84.3 cm³/mol. The van der Waals surface area contributed by atoms with Gasteiger partial charge in [-0.2, -0.15) is 0 Å². The highest BCUT2D eigenvalue weighted by molar-refractivity contribution is 6.33.